The summed E-state index contributed by atoms with van der Waals surface area (Å²) in [4.78, 5) is 1.44. The predicted molar refractivity (Wildman–Crippen MR) is 59.1 cm³/mol. The van der Waals surface area contributed by atoms with E-state index in [1.165, 1.54) is 30.6 Å². The molecule has 72 valence electrons. The molecule has 1 aliphatic carbocycles. The number of hydrogen-bond donors (Lipinski definition) is 1. The van der Waals surface area contributed by atoms with E-state index < -0.39 is 0 Å². The Bertz CT molecular complexity index is 271. The Morgan fingerprint density at radius 2 is 2.00 bits per heavy atom. The van der Waals surface area contributed by atoms with Crippen molar-refractivity contribution in [3.05, 3.63) is 16.3 Å². The highest BCUT2D eigenvalue weighted by molar-refractivity contribution is 7.10. The van der Waals surface area contributed by atoms with E-state index in [4.69, 9.17) is 5.73 Å². The summed E-state index contributed by atoms with van der Waals surface area (Å²) in [7, 11) is 0. The third-order valence-electron chi connectivity index (χ3n) is 3.11. The first-order chi connectivity index (χ1) is 6.27. The van der Waals surface area contributed by atoms with E-state index in [9.17, 15) is 0 Å². The first-order valence-electron chi connectivity index (χ1n) is 5.10. The molecule has 0 saturated heterocycles. The van der Waals surface area contributed by atoms with Crippen LogP contribution in [0, 0.1) is 5.92 Å². The van der Waals surface area contributed by atoms with Crippen molar-refractivity contribution < 1.29 is 0 Å². The fourth-order valence-electron chi connectivity index (χ4n) is 2.18. The summed E-state index contributed by atoms with van der Waals surface area (Å²) >= 11 is 1.83. The molecule has 0 atom stereocenters. The molecule has 1 saturated carbocycles. The molecule has 0 aromatic carbocycles. The summed E-state index contributed by atoms with van der Waals surface area (Å²) in [5.41, 5.74) is 6.93. The van der Waals surface area contributed by atoms with Crippen molar-refractivity contribution in [2.75, 3.05) is 5.73 Å². The average molecular weight is 195 g/mol. The highest BCUT2D eigenvalue weighted by Gasteiger charge is 2.21. The molecule has 2 N–H and O–H groups in total. The second-order valence-electron chi connectivity index (χ2n) is 4.20. The maximum atomic E-state index is 5.92. The number of thiophene rings is 1. The summed E-state index contributed by atoms with van der Waals surface area (Å²) in [5, 5.41) is 2.11. The number of nitrogens with two attached hydrogens (primary N) is 1. The van der Waals surface area contributed by atoms with Crippen LogP contribution in [0.5, 0.6) is 0 Å². The van der Waals surface area contributed by atoms with Gasteiger partial charge in [0.1, 0.15) is 0 Å². The van der Waals surface area contributed by atoms with E-state index in [2.05, 4.69) is 12.3 Å². The lowest BCUT2D eigenvalue weighted by Crippen LogP contribution is -2.10. The van der Waals surface area contributed by atoms with Gasteiger partial charge in [0.05, 0.1) is 0 Å². The zero-order valence-electron chi connectivity index (χ0n) is 8.12. The topological polar surface area (TPSA) is 26.0 Å². The first kappa shape index (κ1) is 9.07. The van der Waals surface area contributed by atoms with E-state index in [0.717, 1.165) is 17.5 Å². The van der Waals surface area contributed by atoms with Gasteiger partial charge in [-0.25, -0.2) is 0 Å². The van der Waals surface area contributed by atoms with Crippen LogP contribution < -0.4 is 5.73 Å². The van der Waals surface area contributed by atoms with Gasteiger partial charge in [-0.3, -0.25) is 0 Å². The van der Waals surface area contributed by atoms with Gasteiger partial charge in [-0.15, -0.1) is 11.3 Å². The van der Waals surface area contributed by atoms with Crippen LogP contribution in [0.15, 0.2) is 11.4 Å². The lowest BCUT2D eigenvalue weighted by molar-refractivity contribution is 0.351. The molecule has 0 aliphatic heterocycles. The quantitative estimate of drug-likeness (QED) is 0.727. The minimum Gasteiger partial charge on any atom is -0.398 e. The second-order valence-corrected chi connectivity index (χ2v) is 5.14. The standard InChI is InChI=1S/C11H17NS/c1-8-2-4-9(5-3-8)11-10(12)6-7-13-11/h6-9H,2-5,12H2,1H3. The van der Waals surface area contributed by atoms with Crippen LogP contribution in [0.4, 0.5) is 5.69 Å². The Labute approximate surface area is 84.0 Å². The summed E-state index contributed by atoms with van der Waals surface area (Å²) in [6, 6.07) is 2.04. The molecule has 0 radical (unpaired) electrons. The van der Waals surface area contributed by atoms with Crippen LogP contribution in [0.1, 0.15) is 43.4 Å². The molecule has 2 heteroatoms. The molecule has 0 bridgehead atoms. The molecule has 0 unspecified atom stereocenters. The molecule has 1 aliphatic rings. The maximum absolute atomic E-state index is 5.92. The van der Waals surface area contributed by atoms with Crippen molar-refractivity contribution in [3.63, 3.8) is 0 Å². The Morgan fingerprint density at radius 1 is 1.31 bits per heavy atom. The number of nitrogen functional groups attached to an aromatic ring is 1. The first-order valence-corrected chi connectivity index (χ1v) is 5.98. The van der Waals surface area contributed by atoms with Crippen molar-refractivity contribution in [3.8, 4) is 0 Å². The highest BCUT2D eigenvalue weighted by atomic mass is 32.1. The van der Waals surface area contributed by atoms with E-state index >= 15 is 0 Å². The van der Waals surface area contributed by atoms with Crippen LogP contribution in [0.2, 0.25) is 0 Å². The third-order valence-corrected chi connectivity index (χ3v) is 4.21. The second kappa shape index (κ2) is 3.70. The van der Waals surface area contributed by atoms with Gasteiger partial charge in [-0.05, 0) is 36.1 Å². The van der Waals surface area contributed by atoms with Crippen molar-refractivity contribution in [1.29, 1.82) is 0 Å². The molecular formula is C11H17NS. The molecule has 1 fully saturated rings. The van der Waals surface area contributed by atoms with Crippen molar-refractivity contribution in [2.24, 2.45) is 5.92 Å². The van der Waals surface area contributed by atoms with Crippen molar-refractivity contribution in [1.82, 2.24) is 0 Å². The summed E-state index contributed by atoms with van der Waals surface area (Å²) in [5.74, 6) is 1.69. The summed E-state index contributed by atoms with van der Waals surface area (Å²) < 4.78 is 0. The minimum absolute atomic E-state index is 0.760. The Kier molecular flexibility index (Phi) is 2.58. The summed E-state index contributed by atoms with van der Waals surface area (Å²) in [6.07, 6.45) is 5.43. The Balaban J connectivity index is 2.06. The Morgan fingerprint density at radius 3 is 2.54 bits per heavy atom. The highest BCUT2D eigenvalue weighted by Crippen LogP contribution is 2.40. The van der Waals surface area contributed by atoms with Gasteiger partial charge < -0.3 is 5.73 Å². The number of anilines is 1. The van der Waals surface area contributed by atoms with Crippen LogP contribution in [-0.2, 0) is 0 Å². The zero-order valence-corrected chi connectivity index (χ0v) is 8.94. The molecule has 1 aromatic rings. The third kappa shape index (κ3) is 1.88. The number of rotatable bonds is 1. The molecule has 1 heterocycles. The predicted octanol–water partition coefficient (Wildman–Crippen LogP) is 3.62. The maximum Gasteiger partial charge on any atom is 0.0458 e. The minimum atomic E-state index is 0.760. The fourth-order valence-corrected chi connectivity index (χ4v) is 3.18. The lowest BCUT2D eigenvalue weighted by Gasteiger charge is -2.25. The normalized spacial score (nSPS) is 29.0. The fraction of sp³-hybridized carbons (Fsp3) is 0.636. The van der Waals surface area contributed by atoms with Gasteiger partial charge in [0.2, 0.25) is 0 Å². The average Bonchev–Trinajstić information content (AvgIpc) is 2.53. The van der Waals surface area contributed by atoms with E-state index in [-0.39, 0.29) is 0 Å². The van der Waals surface area contributed by atoms with Crippen LogP contribution in [0.3, 0.4) is 0 Å². The Hall–Kier alpha value is -0.500. The smallest absolute Gasteiger partial charge is 0.0458 e. The lowest BCUT2D eigenvalue weighted by atomic mass is 9.82. The van der Waals surface area contributed by atoms with E-state index in [0.29, 0.717) is 0 Å². The van der Waals surface area contributed by atoms with Crippen LogP contribution >= 0.6 is 11.3 Å². The van der Waals surface area contributed by atoms with Crippen LogP contribution in [0.25, 0.3) is 0 Å². The van der Waals surface area contributed by atoms with Gasteiger partial charge in [0, 0.05) is 10.6 Å². The van der Waals surface area contributed by atoms with E-state index in [1.807, 2.05) is 17.4 Å². The largest absolute Gasteiger partial charge is 0.398 e. The van der Waals surface area contributed by atoms with E-state index in [1.54, 1.807) is 0 Å². The van der Waals surface area contributed by atoms with Gasteiger partial charge in [0.25, 0.3) is 0 Å². The molecule has 1 nitrogen and oxygen atoms in total. The number of hydrogen-bond acceptors (Lipinski definition) is 2. The van der Waals surface area contributed by atoms with Crippen molar-refractivity contribution >= 4 is 17.0 Å². The molecular weight excluding hydrogens is 178 g/mol. The molecule has 0 spiro atoms. The van der Waals surface area contributed by atoms with Gasteiger partial charge >= 0.3 is 0 Å². The van der Waals surface area contributed by atoms with Crippen molar-refractivity contribution in [2.45, 2.75) is 38.5 Å². The SMILES string of the molecule is CC1CCC(c2sccc2N)CC1. The molecule has 2 rings (SSSR count). The van der Waals surface area contributed by atoms with Gasteiger partial charge in [0.15, 0.2) is 0 Å². The molecule has 0 amide bonds. The van der Waals surface area contributed by atoms with Gasteiger partial charge in [-0.1, -0.05) is 19.8 Å². The summed E-state index contributed by atoms with van der Waals surface area (Å²) in [6.45, 7) is 2.36. The van der Waals surface area contributed by atoms with Gasteiger partial charge in [-0.2, -0.15) is 0 Å². The van der Waals surface area contributed by atoms with Crippen LogP contribution in [-0.4, -0.2) is 0 Å². The monoisotopic (exact) mass is 195 g/mol. The molecule has 13 heavy (non-hydrogen) atoms. The molecule has 1 aromatic heterocycles. The zero-order chi connectivity index (χ0) is 9.26.